The Kier molecular flexibility index (Phi) is 5.05. The fraction of sp³-hybridized carbons (Fsp3) is 0.600. The normalized spacial score (nSPS) is 23.3. The number of nitrogens with one attached hydrogen (secondary N) is 1. The standard InChI is InChI=1S/C15H23NO3/c1-19-15-8-12(4-7-14(15)18)10-16-9-11-2-5-13(17)6-3-11/h4,7-8,11,13,16-18H,2-3,5-6,9-10H2,1H3. The van der Waals surface area contributed by atoms with Crippen LogP contribution in [0.25, 0.3) is 0 Å². The molecule has 1 aliphatic rings. The SMILES string of the molecule is COc1cc(CNCC2CCC(O)CC2)ccc1O. The van der Waals surface area contributed by atoms with Crippen LogP contribution in [0.4, 0.5) is 0 Å². The van der Waals surface area contributed by atoms with Gasteiger partial charge in [0.05, 0.1) is 13.2 Å². The Morgan fingerprint density at radius 1 is 1.26 bits per heavy atom. The Morgan fingerprint density at radius 3 is 2.68 bits per heavy atom. The molecule has 106 valence electrons. The predicted molar refractivity (Wildman–Crippen MR) is 74.3 cm³/mol. The molecule has 0 aliphatic heterocycles. The van der Waals surface area contributed by atoms with E-state index in [1.54, 1.807) is 13.2 Å². The van der Waals surface area contributed by atoms with Gasteiger partial charge in [0.25, 0.3) is 0 Å². The molecule has 0 saturated heterocycles. The smallest absolute Gasteiger partial charge is 0.160 e. The quantitative estimate of drug-likeness (QED) is 0.762. The number of rotatable bonds is 5. The summed E-state index contributed by atoms with van der Waals surface area (Å²) >= 11 is 0. The number of hydrogen-bond donors (Lipinski definition) is 3. The molecule has 1 saturated carbocycles. The van der Waals surface area contributed by atoms with E-state index in [2.05, 4.69) is 5.32 Å². The van der Waals surface area contributed by atoms with Gasteiger partial charge >= 0.3 is 0 Å². The largest absolute Gasteiger partial charge is 0.504 e. The highest BCUT2D eigenvalue weighted by atomic mass is 16.5. The molecule has 1 aliphatic carbocycles. The zero-order chi connectivity index (χ0) is 13.7. The highest BCUT2D eigenvalue weighted by molar-refractivity contribution is 5.41. The molecular weight excluding hydrogens is 242 g/mol. The minimum Gasteiger partial charge on any atom is -0.504 e. The molecule has 0 spiro atoms. The molecule has 0 atom stereocenters. The van der Waals surface area contributed by atoms with Crippen LogP contribution in [-0.2, 0) is 6.54 Å². The van der Waals surface area contributed by atoms with Crippen LogP contribution in [0.5, 0.6) is 11.5 Å². The first-order chi connectivity index (χ1) is 9.19. The molecule has 0 unspecified atom stereocenters. The van der Waals surface area contributed by atoms with Gasteiger partial charge in [0.15, 0.2) is 11.5 Å². The van der Waals surface area contributed by atoms with E-state index >= 15 is 0 Å². The van der Waals surface area contributed by atoms with E-state index in [0.29, 0.717) is 11.7 Å². The fourth-order valence-electron chi connectivity index (χ4n) is 2.60. The van der Waals surface area contributed by atoms with Crippen LogP contribution in [0.1, 0.15) is 31.2 Å². The van der Waals surface area contributed by atoms with Crippen LogP contribution in [0, 0.1) is 5.92 Å². The lowest BCUT2D eigenvalue weighted by atomic mass is 9.87. The Morgan fingerprint density at radius 2 is 2.00 bits per heavy atom. The van der Waals surface area contributed by atoms with E-state index in [9.17, 15) is 10.2 Å². The third-order valence-corrected chi connectivity index (χ3v) is 3.82. The summed E-state index contributed by atoms with van der Waals surface area (Å²) in [5.74, 6) is 1.36. The summed E-state index contributed by atoms with van der Waals surface area (Å²) in [5, 5.41) is 22.4. The molecule has 2 rings (SSSR count). The van der Waals surface area contributed by atoms with E-state index < -0.39 is 0 Å². The summed E-state index contributed by atoms with van der Waals surface area (Å²) in [6, 6.07) is 5.41. The number of phenolic OH excluding ortho intramolecular Hbond substituents is 1. The number of methoxy groups -OCH3 is 1. The molecule has 0 radical (unpaired) electrons. The van der Waals surface area contributed by atoms with Gasteiger partial charge in [-0.25, -0.2) is 0 Å². The van der Waals surface area contributed by atoms with Gasteiger partial charge < -0.3 is 20.3 Å². The summed E-state index contributed by atoms with van der Waals surface area (Å²) in [7, 11) is 1.56. The minimum atomic E-state index is -0.0855. The van der Waals surface area contributed by atoms with E-state index in [1.807, 2.05) is 12.1 Å². The van der Waals surface area contributed by atoms with Gasteiger partial charge in [0, 0.05) is 6.54 Å². The number of phenols is 1. The van der Waals surface area contributed by atoms with Crippen LogP contribution in [0.2, 0.25) is 0 Å². The molecule has 19 heavy (non-hydrogen) atoms. The molecule has 1 fully saturated rings. The number of aliphatic hydroxyl groups is 1. The first kappa shape index (κ1) is 14.2. The second-order valence-corrected chi connectivity index (χ2v) is 5.31. The van der Waals surface area contributed by atoms with Crippen molar-refractivity contribution in [2.75, 3.05) is 13.7 Å². The molecular formula is C15H23NO3. The fourth-order valence-corrected chi connectivity index (χ4v) is 2.60. The monoisotopic (exact) mass is 265 g/mol. The summed E-state index contributed by atoms with van der Waals surface area (Å²) < 4.78 is 5.09. The van der Waals surface area contributed by atoms with Crippen molar-refractivity contribution in [1.82, 2.24) is 5.32 Å². The van der Waals surface area contributed by atoms with Gasteiger partial charge in [-0.3, -0.25) is 0 Å². The van der Waals surface area contributed by atoms with Crippen molar-refractivity contribution in [3.63, 3.8) is 0 Å². The first-order valence-electron chi connectivity index (χ1n) is 6.93. The average Bonchev–Trinajstić information content (AvgIpc) is 2.43. The Balaban J connectivity index is 1.76. The van der Waals surface area contributed by atoms with Crippen molar-refractivity contribution in [1.29, 1.82) is 0 Å². The van der Waals surface area contributed by atoms with E-state index in [1.165, 1.54) is 0 Å². The van der Waals surface area contributed by atoms with Crippen molar-refractivity contribution >= 4 is 0 Å². The lowest BCUT2D eigenvalue weighted by molar-refractivity contribution is 0.108. The molecule has 1 aromatic rings. The summed E-state index contributed by atoms with van der Waals surface area (Å²) in [5.41, 5.74) is 1.10. The second-order valence-electron chi connectivity index (χ2n) is 5.31. The first-order valence-corrected chi connectivity index (χ1v) is 6.93. The van der Waals surface area contributed by atoms with Crippen molar-refractivity contribution < 1.29 is 14.9 Å². The maximum Gasteiger partial charge on any atom is 0.160 e. The third kappa shape index (κ3) is 4.11. The number of ether oxygens (including phenoxy) is 1. The van der Waals surface area contributed by atoms with Crippen molar-refractivity contribution in [2.45, 2.75) is 38.3 Å². The van der Waals surface area contributed by atoms with Crippen LogP contribution >= 0.6 is 0 Å². The lowest BCUT2D eigenvalue weighted by Gasteiger charge is -2.25. The Labute approximate surface area is 114 Å². The van der Waals surface area contributed by atoms with Crippen molar-refractivity contribution in [3.8, 4) is 11.5 Å². The predicted octanol–water partition coefficient (Wildman–Crippen LogP) is 2.04. The molecule has 4 heteroatoms. The van der Waals surface area contributed by atoms with Crippen LogP contribution < -0.4 is 10.1 Å². The highest BCUT2D eigenvalue weighted by Crippen LogP contribution is 2.26. The molecule has 4 nitrogen and oxygen atoms in total. The topological polar surface area (TPSA) is 61.7 Å². The number of aliphatic hydroxyl groups excluding tert-OH is 1. The molecule has 1 aromatic carbocycles. The third-order valence-electron chi connectivity index (χ3n) is 3.82. The molecule has 0 aromatic heterocycles. The summed E-state index contributed by atoms with van der Waals surface area (Å²) in [4.78, 5) is 0. The molecule has 3 N–H and O–H groups in total. The van der Waals surface area contributed by atoms with Gasteiger partial charge in [-0.2, -0.15) is 0 Å². The zero-order valence-corrected chi connectivity index (χ0v) is 11.4. The summed E-state index contributed by atoms with van der Waals surface area (Å²) in [6.45, 7) is 1.76. The Bertz CT molecular complexity index is 400. The average molecular weight is 265 g/mol. The molecule has 0 heterocycles. The zero-order valence-electron chi connectivity index (χ0n) is 11.4. The number of aromatic hydroxyl groups is 1. The van der Waals surface area contributed by atoms with E-state index in [-0.39, 0.29) is 11.9 Å². The van der Waals surface area contributed by atoms with Crippen molar-refractivity contribution in [3.05, 3.63) is 23.8 Å². The highest BCUT2D eigenvalue weighted by Gasteiger charge is 2.18. The number of benzene rings is 1. The van der Waals surface area contributed by atoms with Crippen LogP contribution in [0.15, 0.2) is 18.2 Å². The summed E-state index contributed by atoms with van der Waals surface area (Å²) in [6.07, 6.45) is 3.98. The maximum absolute atomic E-state index is 9.52. The molecule has 0 bridgehead atoms. The van der Waals surface area contributed by atoms with Gasteiger partial charge in [-0.15, -0.1) is 0 Å². The van der Waals surface area contributed by atoms with Crippen LogP contribution in [-0.4, -0.2) is 30.0 Å². The van der Waals surface area contributed by atoms with Gasteiger partial charge in [0.2, 0.25) is 0 Å². The lowest BCUT2D eigenvalue weighted by Crippen LogP contribution is -2.27. The minimum absolute atomic E-state index is 0.0855. The van der Waals surface area contributed by atoms with E-state index in [4.69, 9.17) is 4.74 Å². The van der Waals surface area contributed by atoms with Gasteiger partial charge in [-0.05, 0) is 55.8 Å². The maximum atomic E-state index is 9.52. The van der Waals surface area contributed by atoms with E-state index in [0.717, 1.165) is 44.3 Å². The van der Waals surface area contributed by atoms with Gasteiger partial charge in [0.1, 0.15) is 0 Å². The van der Waals surface area contributed by atoms with Crippen LogP contribution in [0.3, 0.4) is 0 Å². The van der Waals surface area contributed by atoms with Gasteiger partial charge in [-0.1, -0.05) is 6.07 Å². The molecule has 0 amide bonds. The second kappa shape index (κ2) is 6.78. The number of hydrogen-bond acceptors (Lipinski definition) is 4. The Hall–Kier alpha value is -1.26. The van der Waals surface area contributed by atoms with Crippen molar-refractivity contribution in [2.24, 2.45) is 5.92 Å².